The van der Waals surface area contributed by atoms with E-state index in [1.54, 1.807) is 0 Å². The molecule has 0 aliphatic heterocycles. The number of benzene rings is 1. The third-order valence-electron chi connectivity index (χ3n) is 2.12. The summed E-state index contributed by atoms with van der Waals surface area (Å²) in [5.74, 6) is -1.87. The Labute approximate surface area is 117 Å². The maximum Gasteiger partial charge on any atom is 0.242 e. The summed E-state index contributed by atoms with van der Waals surface area (Å²) in [6, 6.07) is 1.50. The number of sulfonamides is 1. The van der Waals surface area contributed by atoms with Crippen molar-refractivity contribution in [2.45, 2.75) is 12.2 Å². The van der Waals surface area contributed by atoms with Crippen LogP contribution in [0.3, 0.4) is 0 Å². The van der Waals surface area contributed by atoms with Crippen LogP contribution in [0.1, 0.15) is 6.92 Å². The predicted octanol–water partition coefficient (Wildman–Crippen LogP) is 2.14. The van der Waals surface area contributed by atoms with E-state index in [-0.39, 0.29) is 15.1 Å². The lowest BCUT2D eigenvalue weighted by Crippen LogP contribution is -2.36. The van der Waals surface area contributed by atoms with Crippen LogP contribution in [-0.2, 0) is 10.0 Å². The molecule has 0 aliphatic carbocycles. The summed E-state index contributed by atoms with van der Waals surface area (Å²) in [6.07, 6.45) is 0. The van der Waals surface area contributed by atoms with Crippen LogP contribution >= 0.6 is 28.1 Å². The zero-order chi connectivity index (χ0) is 14.1. The van der Waals surface area contributed by atoms with Gasteiger partial charge >= 0.3 is 0 Å². The van der Waals surface area contributed by atoms with Gasteiger partial charge in [0.25, 0.3) is 0 Å². The predicted molar refractivity (Wildman–Crippen MR) is 72.8 cm³/mol. The Kier molecular flexibility index (Phi) is 4.62. The lowest BCUT2D eigenvalue weighted by Gasteiger charge is -2.15. The van der Waals surface area contributed by atoms with E-state index >= 15 is 0 Å². The molecule has 0 bridgehead atoms. The Morgan fingerprint density at radius 3 is 2.50 bits per heavy atom. The first-order valence-electron chi connectivity index (χ1n) is 4.60. The lowest BCUT2D eigenvalue weighted by atomic mass is 10.3. The number of halogens is 3. The first kappa shape index (κ1) is 15.3. The van der Waals surface area contributed by atoms with Gasteiger partial charge in [0.1, 0.15) is 11.1 Å². The number of thiocarbonyl (C=S) groups is 1. The Bertz CT molecular complexity index is 569. The van der Waals surface area contributed by atoms with Crippen molar-refractivity contribution in [3.05, 3.63) is 28.2 Å². The molecule has 1 unspecified atom stereocenters. The van der Waals surface area contributed by atoms with Gasteiger partial charge in [-0.25, -0.2) is 17.2 Å². The number of nitrogens with two attached hydrogens (primary N) is 1. The van der Waals surface area contributed by atoms with Crippen molar-refractivity contribution in [3.8, 4) is 0 Å². The molecule has 0 aliphatic rings. The lowest BCUT2D eigenvalue weighted by molar-refractivity contribution is 0.581. The Morgan fingerprint density at radius 1 is 1.50 bits per heavy atom. The highest BCUT2D eigenvalue weighted by molar-refractivity contribution is 9.10. The van der Waals surface area contributed by atoms with Gasteiger partial charge in [0.2, 0.25) is 10.0 Å². The van der Waals surface area contributed by atoms with E-state index in [9.17, 15) is 17.2 Å². The highest BCUT2D eigenvalue weighted by Crippen LogP contribution is 2.28. The van der Waals surface area contributed by atoms with Crippen molar-refractivity contribution in [2.75, 3.05) is 4.72 Å². The van der Waals surface area contributed by atoms with Gasteiger partial charge < -0.3 is 5.73 Å². The number of rotatable bonds is 4. The van der Waals surface area contributed by atoms with Gasteiger partial charge in [-0.3, -0.25) is 4.72 Å². The van der Waals surface area contributed by atoms with Crippen LogP contribution in [0.25, 0.3) is 0 Å². The van der Waals surface area contributed by atoms with E-state index in [1.165, 1.54) is 6.92 Å². The number of hydrogen-bond acceptors (Lipinski definition) is 3. The molecule has 0 amide bonds. The van der Waals surface area contributed by atoms with Gasteiger partial charge in [-0.15, -0.1) is 0 Å². The van der Waals surface area contributed by atoms with E-state index in [0.29, 0.717) is 6.07 Å². The molecular weight excluding hydrogens is 350 g/mol. The maximum atomic E-state index is 13.4. The van der Waals surface area contributed by atoms with Crippen LogP contribution in [-0.4, -0.2) is 18.7 Å². The second kappa shape index (κ2) is 5.45. The highest BCUT2D eigenvalue weighted by atomic mass is 79.9. The minimum atomic E-state index is -3.98. The molecule has 3 N–H and O–H groups in total. The minimum Gasteiger partial charge on any atom is -0.392 e. The summed E-state index contributed by atoms with van der Waals surface area (Å²) in [7, 11) is -3.98. The fourth-order valence-electron chi connectivity index (χ4n) is 1.02. The fraction of sp³-hybridized carbons (Fsp3) is 0.222. The van der Waals surface area contributed by atoms with Gasteiger partial charge in [-0.1, -0.05) is 12.2 Å². The van der Waals surface area contributed by atoms with Crippen molar-refractivity contribution in [2.24, 2.45) is 5.73 Å². The molecule has 1 aromatic carbocycles. The molecule has 1 atom stereocenters. The van der Waals surface area contributed by atoms with Gasteiger partial charge in [0.05, 0.1) is 10.7 Å². The van der Waals surface area contributed by atoms with Crippen LogP contribution in [0.2, 0.25) is 0 Å². The molecule has 0 aromatic heterocycles. The molecule has 0 spiro atoms. The quantitative estimate of drug-likeness (QED) is 0.808. The molecule has 0 saturated heterocycles. The zero-order valence-electron chi connectivity index (χ0n) is 9.08. The van der Waals surface area contributed by atoms with E-state index in [4.69, 9.17) is 5.73 Å². The molecule has 0 radical (unpaired) electrons. The first-order chi connectivity index (χ1) is 8.15. The van der Waals surface area contributed by atoms with Gasteiger partial charge in [0, 0.05) is 10.5 Å². The molecule has 4 nitrogen and oxygen atoms in total. The number of hydrogen-bond donors (Lipinski definition) is 2. The molecule has 18 heavy (non-hydrogen) atoms. The van der Waals surface area contributed by atoms with Crippen LogP contribution < -0.4 is 10.5 Å². The van der Waals surface area contributed by atoms with Gasteiger partial charge in [-0.2, -0.15) is 0 Å². The van der Waals surface area contributed by atoms with E-state index in [1.807, 2.05) is 4.72 Å². The number of nitrogens with one attached hydrogen (secondary N) is 1. The smallest absolute Gasteiger partial charge is 0.242 e. The van der Waals surface area contributed by atoms with E-state index in [2.05, 4.69) is 28.1 Å². The number of anilines is 1. The van der Waals surface area contributed by atoms with Crippen LogP contribution in [0.4, 0.5) is 14.5 Å². The van der Waals surface area contributed by atoms with Crippen LogP contribution in [0.15, 0.2) is 16.6 Å². The first-order valence-corrected chi connectivity index (χ1v) is 7.35. The normalized spacial score (nSPS) is 13.1. The SMILES string of the molecule is CC(C(N)=S)S(=O)(=O)Nc1c(F)cc(F)cc1Br. The molecule has 9 heteroatoms. The summed E-state index contributed by atoms with van der Waals surface area (Å²) in [5, 5.41) is -1.18. The van der Waals surface area contributed by atoms with Crippen molar-refractivity contribution < 1.29 is 17.2 Å². The van der Waals surface area contributed by atoms with E-state index < -0.39 is 26.9 Å². The third kappa shape index (κ3) is 3.36. The molecule has 0 heterocycles. The van der Waals surface area contributed by atoms with Crippen molar-refractivity contribution in [1.29, 1.82) is 0 Å². The second-order valence-corrected chi connectivity index (χ2v) is 6.76. The summed E-state index contributed by atoms with van der Waals surface area (Å²) >= 11 is 7.43. The fourth-order valence-corrected chi connectivity index (χ4v) is 3.02. The van der Waals surface area contributed by atoms with Gasteiger partial charge in [0.15, 0.2) is 5.82 Å². The standard InChI is InChI=1S/C9H9BrF2N2O2S2/c1-4(9(13)17)18(15,16)14-8-6(10)2-5(11)3-7(8)12/h2-4,14H,1H3,(H2,13,17). The Balaban J connectivity index is 3.17. The minimum absolute atomic E-state index is 0.0567. The molecule has 1 aromatic rings. The zero-order valence-corrected chi connectivity index (χ0v) is 12.3. The Morgan fingerprint density at radius 2 is 2.06 bits per heavy atom. The van der Waals surface area contributed by atoms with Crippen molar-refractivity contribution in [3.63, 3.8) is 0 Å². The average molecular weight is 359 g/mol. The van der Waals surface area contributed by atoms with E-state index in [0.717, 1.165) is 6.07 Å². The molecule has 100 valence electrons. The van der Waals surface area contributed by atoms with Crippen molar-refractivity contribution >= 4 is 48.8 Å². The largest absolute Gasteiger partial charge is 0.392 e. The van der Waals surface area contributed by atoms with Crippen LogP contribution in [0, 0.1) is 11.6 Å². The Hall–Kier alpha value is -0.800. The molecular formula is C9H9BrF2N2O2S2. The molecule has 0 fully saturated rings. The molecule has 1 rings (SSSR count). The van der Waals surface area contributed by atoms with Crippen LogP contribution in [0.5, 0.6) is 0 Å². The summed E-state index contributed by atoms with van der Waals surface area (Å²) in [5.41, 5.74) is 4.83. The average Bonchev–Trinajstić information content (AvgIpc) is 2.22. The van der Waals surface area contributed by atoms with Gasteiger partial charge in [-0.05, 0) is 28.9 Å². The summed E-state index contributed by atoms with van der Waals surface area (Å²) in [4.78, 5) is -0.249. The maximum absolute atomic E-state index is 13.4. The summed E-state index contributed by atoms with van der Waals surface area (Å²) < 4.78 is 51.7. The highest BCUT2D eigenvalue weighted by Gasteiger charge is 2.25. The monoisotopic (exact) mass is 358 g/mol. The third-order valence-corrected chi connectivity index (χ3v) is 4.92. The summed E-state index contributed by atoms with van der Waals surface area (Å²) in [6.45, 7) is 1.26. The second-order valence-electron chi connectivity index (χ2n) is 3.44. The van der Waals surface area contributed by atoms with Crippen molar-refractivity contribution in [1.82, 2.24) is 0 Å². The topological polar surface area (TPSA) is 72.2 Å². The molecule has 0 saturated carbocycles.